The minimum atomic E-state index is -0.291. The smallest absolute Gasteiger partial charge is 0.257 e. The molecule has 0 unspecified atom stereocenters. The number of aromatic nitrogens is 1. The third-order valence-corrected chi connectivity index (χ3v) is 7.22. The van der Waals surface area contributed by atoms with Gasteiger partial charge in [0.05, 0.1) is 16.3 Å². The van der Waals surface area contributed by atoms with Gasteiger partial charge in [0, 0.05) is 40.0 Å². The van der Waals surface area contributed by atoms with Crippen LogP contribution in [-0.4, -0.2) is 16.2 Å². The van der Waals surface area contributed by atoms with Crippen LogP contribution in [0, 0.1) is 12.7 Å². The molecule has 0 saturated heterocycles. The van der Waals surface area contributed by atoms with Gasteiger partial charge in [-0.3, -0.25) is 4.79 Å². The lowest BCUT2D eigenvalue weighted by Crippen LogP contribution is -2.14. The van der Waals surface area contributed by atoms with Gasteiger partial charge in [0.15, 0.2) is 0 Å². The number of hydrogen-bond acceptors (Lipinski definition) is 2. The lowest BCUT2D eigenvalue weighted by Gasteiger charge is -2.13. The van der Waals surface area contributed by atoms with Gasteiger partial charge >= 0.3 is 0 Å². The number of para-hydroxylation sites is 1. The van der Waals surface area contributed by atoms with E-state index in [4.69, 9.17) is 23.2 Å². The first-order valence-corrected chi connectivity index (χ1v) is 12.7. The van der Waals surface area contributed by atoms with Crippen LogP contribution in [0.1, 0.15) is 21.6 Å². The number of hydrogen-bond donors (Lipinski definition) is 1. The Balaban J connectivity index is 1.56. The van der Waals surface area contributed by atoms with Crippen LogP contribution in [-0.2, 0) is 12.3 Å². The SMILES string of the molecule is Cc1c(C(=O)Nc2ccccc2Cl)cc(-c2ccccc2)n1CCSCc1c(F)cccc1Cl. The zero-order chi connectivity index (χ0) is 24.1. The predicted octanol–water partition coefficient (Wildman–Crippen LogP) is 8.10. The highest BCUT2D eigenvalue weighted by molar-refractivity contribution is 7.98. The predicted molar refractivity (Wildman–Crippen MR) is 142 cm³/mol. The molecule has 0 fully saturated rings. The topological polar surface area (TPSA) is 34.0 Å². The Kier molecular flexibility index (Phi) is 7.99. The summed E-state index contributed by atoms with van der Waals surface area (Å²) in [6, 6.07) is 23.8. The molecule has 3 nitrogen and oxygen atoms in total. The number of nitrogens with one attached hydrogen (secondary N) is 1. The third-order valence-electron chi connectivity index (χ3n) is 5.57. The maximum Gasteiger partial charge on any atom is 0.257 e. The Labute approximate surface area is 212 Å². The van der Waals surface area contributed by atoms with Crippen LogP contribution in [0.15, 0.2) is 78.9 Å². The summed E-state index contributed by atoms with van der Waals surface area (Å²) in [5.41, 5.74) is 4.49. The van der Waals surface area contributed by atoms with Crippen molar-refractivity contribution in [3.63, 3.8) is 0 Å². The summed E-state index contributed by atoms with van der Waals surface area (Å²) in [5.74, 6) is 0.700. The molecule has 1 aromatic heterocycles. The lowest BCUT2D eigenvalue weighted by molar-refractivity contribution is 0.102. The first-order chi connectivity index (χ1) is 16.5. The summed E-state index contributed by atoms with van der Waals surface area (Å²) in [7, 11) is 0. The zero-order valence-corrected chi connectivity index (χ0v) is 20.9. The minimum Gasteiger partial charge on any atom is -0.343 e. The quantitative estimate of drug-likeness (QED) is 0.242. The fraction of sp³-hybridized carbons (Fsp3) is 0.148. The first kappa shape index (κ1) is 24.4. The average Bonchev–Trinajstić information content (AvgIpc) is 3.16. The number of rotatable bonds is 8. The van der Waals surface area contributed by atoms with E-state index in [1.165, 1.54) is 6.07 Å². The summed E-state index contributed by atoms with van der Waals surface area (Å²) < 4.78 is 16.2. The van der Waals surface area contributed by atoms with E-state index >= 15 is 0 Å². The number of benzene rings is 3. The standard InChI is InChI=1S/C27H23Cl2FN2OS/c1-18-20(27(33)31-25-13-6-5-10-23(25)29)16-26(19-8-3-2-4-9-19)32(18)14-15-34-17-21-22(28)11-7-12-24(21)30/h2-13,16H,14-15,17H2,1H3,(H,31,33). The van der Waals surface area contributed by atoms with Crippen LogP contribution in [0.25, 0.3) is 11.3 Å². The van der Waals surface area contributed by atoms with Crippen molar-refractivity contribution >= 4 is 46.6 Å². The number of halogens is 3. The molecule has 0 radical (unpaired) electrons. The highest BCUT2D eigenvalue weighted by atomic mass is 35.5. The Morgan fingerprint density at radius 1 is 0.971 bits per heavy atom. The number of carbonyl (C=O) groups is 1. The fourth-order valence-electron chi connectivity index (χ4n) is 3.76. The van der Waals surface area contributed by atoms with E-state index < -0.39 is 0 Å². The molecule has 1 amide bonds. The Bertz CT molecular complexity index is 1290. The molecular weight excluding hydrogens is 490 g/mol. The summed E-state index contributed by atoms with van der Waals surface area (Å²) in [6.45, 7) is 2.60. The van der Waals surface area contributed by atoms with Crippen molar-refractivity contribution in [3.8, 4) is 11.3 Å². The van der Waals surface area contributed by atoms with Gasteiger partial charge in [-0.05, 0) is 42.8 Å². The van der Waals surface area contributed by atoms with E-state index in [0.717, 1.165) is 22.7 Å². The van der Waals surface area contributed by atoms with Crippen LogP contribution in [0.5, 0.6) is 0 Å². The first-order valence-electron chi connectivity index (χ1n) is 10.8. The van der Waals surface area contributed by atoms with E-state index in [-0.39, 0.29) is 11.7 Å². The molecule has 4 aromatic rings. The van der Waals surface area contributed by atoms with Gasteiger partial charge in [0.1, 0.15) is 5.82 Å². The molecule has 34 heavy (non-hydrogen) atoms. The number of carbonyl (C=O) groups excluding carboxylic acids is 1. The van der Waals surface area contributed by atoms with Gasteiger partial charge in [-0.1, -0.05) is 71.7 Å². The molecule has 0 aliphatic carbocycles. The second-order valence-electron chi connectivity index (χ2n) is 7.73. The number of amides is 1. The second kappa shape index (κ2) is 11.1. The highest BCUT2D eigenvalue weighted by Gasteiger charge is 2.19. The molecular formula is C27H23Cl2FN2OS. The molecule has 0 saturated carbocycles. The van der Waals surface area contributed by atoms with Crippen molar-refractivity contribution < 1.29 is 9.18 Å². The molecule has 7 heteroatoms. The summed E-state index contributed by atoms with van der Waals surface area (Å²) in [5, 5.41) is 3.84. The van der Waals surface area contributed by atoms with Crippen LogP contribution in [0.4, 0.5) is 10.1 Å². The van der Waals surface area contributed by atoms with Crippen LogP contribution in [0.2, 0.25) is 10.0 Å². The van der Waals surface area contributed by atoms with Crippen molar-refractivity contribution in [3.05, 3.63) is 112 Å². The van der Waals surface area contributed by atoms with Crippen molar-refractivity contribution in [2.24, 2.45) is 0 Å². The zero-order valence-electron chi connectivity index (χ0n) is 18.5. The van der Waals surface area contributed by atoms with Crippen molar-refractivity contribution in [2.45, 2.75) is 19.2 Å². The third kappa shape index (κ3) is 5.49. The molecule has 3 aromatic carbocycles. The number of anilines is 1. The molecule has 0 aliphatic heterocycles. The molecule has 0 aliphatic rings. The average molecular weight is 513 g/mol. The van der Waals surface area contributed by atoms with Gasteiger partial charge in [0.25, 0.3) is 5.91 Å². The van der Waals surface area contributed by atoms with E-state index in [0.29, 0.717) is 39.2 Å². The normalized spacial score (nSPS) is 10.9. The van der Waals surface area contributed by atoms with E-state index in [1.807, 2.05) is 55.5 Å². The monoisotopic (exact) mass is 512 g/mol. The van der Waals surface area contributed by atoms with Crippen LogP contribution < -0.4 is 5.32 Å². The van der Waals surface area contributed by atoms with Crippen LogP contribution in [0.3, 0.4) is 0 Å². The summed E-state index contributed by atoms with van der Waals surface area (Å²) in [6.07, 6.45) is 0. The molecule has 174 valence electrons. The molecule has 1 heterocycles. The number of thioether (sulfide) groups is 1. The van der Waals surface area contributed by atoms with Crippen LogP contribution >= 0.6 is 35.0 Å². The molecule has 0 bridgehead atoms. The van der Waals surface area contributed by atoms with Gasteiger partial charge in [-0.25, -0.2) is 4.39 Å². The highest BCUT2D eigenvalue weighted by Crippen LogP contribution is 2.29. The molecule has 1 N–H and O–H groups in total. The molecule has 4 rings (SSSR count). The largest absolute Gasteiger partial charge is 0.343 e. The van der Waals surface area contributed by atoms with Gasteiger partial charge in [0.2, 0.25) is 0 Å². The van der Waals surface area contributed by atoms with Gasteiger partial charge in [-0.2, -0.15) is 11.8 Å². The van der Waals surface area contributed by atoms with E-state index in [1.54, 1.807) is 36.0 Å². The van der Waals surface area contributed by atoms with Crippen molar-refractivity contribution in [2.75, 3.05) is 11.1 Å². The van der Waals surface area contributed by atoms with Crippen molar-refractivity contribution in [1.29, 1.82) is 0 Å². The Morgan fingerprint density at radius 3 is 2.41 bits per heavy atom. The maximum absolute atomic E-state index is 14.1. The minimum absolute atomic E-state index is 0.215. The summed E-state index contributed by atoms with van der Waals surface area (Å²) in [4.78, 5) is 13.1. The maximum atomic E-state index is 14.1. The molecule has 0 atom stereocenters. The van der Waals surface area contributed by atoms with Gasteiger partial charge in [-0.15, -0.1) is 0 Å². The Morgan fingerprint density at radius 2 is 1.68 bits per heavy atom. The lowest BCUT2D eigenvalue weighted by atomic mass is 10.1. The fourth-order valence-corrected chi connectivity index (χ4v) is 5.21. The summed E-state index contributed by atoms with van der Waals surface area (Å²) >= 11 is 14.0. The van der Waals surface area contributed by atoms with E-state index in [2.05, 4.69) is 9.88 Å². The van der Waals surface area contributed by atoms with Gasteiger partial charge < -0.3 is 9.88 Å². The molecule has 0 spiro atoms. The second-order valence-corrected chi connectivity index (χ2v) is 9.65. The van der Waals surface area contributed by atoms with Crippen molar-refractivity contribution in [1.82, 2.24) is 4.57 Å². The Hall–Kier alpha value is -2.73. The number of nitrogens with zero attached hydrogens (tertiary/aromatic N) is 1. The van der Waals surface area contributed by atoms with E-state index in [9.17, 15) is 9.18 Å².